The monoisotopic (exact) mass is 256 g/mol. The predicted molar refractivity (Wildman–Crippen MR) is 71.1 cm³/mol. The standard InChI is InChI=1S/C15H28O3/c1-13(2)6-4-7-14(3)11(13)5-8-15(18,10-17)12(14)9-16/h11-12,16-18H,4-10H2,1-3H3/t11-,12+,14-,15-/m0/s1. The van der Waals surface area contributed by atoms with Gasteiger partial charge in [0.1, 0.15) is 0 Å². The summed E-state index contributed by atoms with van der Waals surface area (Å²) in [6.07, 6.45) is 4.99. The number of aliphatic hydroxyl groups excluding tert-OH is 2. The Labute approximate surface area is 110 Å². The molecule has 0 aromatic rings. The van der Waals surface area contributed by atoms with E-state index in [0.717, 1.165) is 19.3 Å². The molecular weight excluding hydrogens is 228 g/mol. The average molecular weight is 256 g/mol. The molecule has 0 amide bonds. The molecule has 0 saturated heterocycles. The van der Waals surface area contributed by atoms with Crippen LogP contribution in [0.5, 0.6) is 0 Å². The summed E-state index contributed by atoms with van der Waals surface area (Å²) in [5, 5.41) is 29.9. The lowest BCUT2D eigenvalue weighted by Crippen LogP contribution is -2.61. The third kappa shape index (κ3) is 1.91. The zero-order valence-corrected chi connectivity index (χ0v) is 11.9. The van der Waals surface area contributed by atoms with Crippen LogP contribution >= 0.6 is 0 Å². The first-order chi connectivity index (χ1) is 8.30. The fourth-order valence-electron chi connectivity index (χ4n) is 5.05. The van der Waals surface area contributed by atoms with Crippen molar-refractivity contribution in [1.29, 1.82) is 0 Å². The summed E-state index contributed by atoms with van der Waals surface area (Å²) in [5.74, 6) is 0.330. The van der Waals surface area contributed by atoms with Crippen LogP contribution in [0.15, 0.2) is 0 Å². The molecule has 2 aliphatic rings. The molecule has 2 saturated carbocycles. The maximum absolute atomic E-state index is 10.6. The van der Waals surface area contributed by atoms with Crippen molar-refractivity contribution in [3.05, 3.63) is 0 Å². The highest BCUT2D eigenvalue weighted by Crippen LogP contribution is 2.61. The zero-order chi connectivity index (χ0) is 13.6. The van der Waals surface area contributed by atoms with Gasteiger partial charge in [-0.3, -0.25) is 0 Å². The second-order valence-electron chi connectivity index (χ2n) is 7.44. The Kier molecular flexibility index (Phi) is 3.54. The number of aliphatic hydroxyl groups is 3. The van der Waals surface area contributed by atoms with Crippen molar-refractivity contribution in [3.8, 4) is 0 Å². The summed E-state index contributed by atoms with van der Waals surface area (Å²) >= 11 is 0. The number of hydrogen-bond donors (Lipinski definition) is 3. The zero-order valence-electron chi connectivity index (χ0n) is 11.9. The number of rotatable bonds is 2. The summed E-state index contributed by atoms with van der Waals surface area (Å²) in [7, 11) is 0. The molecule has 3 N–H and O–H groups in total. The van der Waals surface area contributed by atoms with E-state index in [-0.39, 0.29) is 30.0 Å². The van der Waals surface area contributed by atoms with Gasteiger partial charge >= 0.3 is 0 Å². The van der Waals surface area contributed by atoms with Crippen molar-refractivity contribution in [2.24, 2.45) is 22.7 Å². The molecule has 4 atom stereocenters. The van der Waals surface area contributed by atoms with E-state index in [9.17, 15) is 15.3 Å². The highest BCUT2D eigenvalue weighted by atomic mass is 16.3. The fourth-order valence-corrected chi connectivity index (χ4v) is 5.05. The number of hydrogen-bond acceptors (Lipinski definition) is 3. The molecule has 18 heavy (non-hydrogen) atoms. The Morgan fingerprint density at radius 2 is 1.72 bits per heavy atom. The Morgan fingerprint density at radius 3 is 2.28 bits per heavy atom. The Morgan fingerprint density at radius 1 is 1.06 bits per heavy atom. The Balaban J connectivity index is 2.37. The van der Waals surface area contributed by atoms with Gasteiger partial charge in [0.05, 0.1) is 12.2 Å². The summed E-state index contributed by atoms with van der Waals surface area (Å²) in [6.45, 7) is 6.57. The maximum Gasteiger partial charge on any atom is 0.0932 e. The third-order valence-corrected chi connectivity index (χ3v) is 6.04. The highest BCUT2D eigenvalue weighted by Gasteiger charge is 2.58. The molecule has 2 aliphatic carbocycles. The van der Waals surface area contributed by atoms with Crippen LogP contribution in [0.25, 0.3) is 0 Å². The first-order valence-electron chi connectivity index (χ1n) is 7.24. The molecule has 0 spiro atoms. The maximum atomic E-state index is 10.6. The van der Waals surface area contributed by atoms with Gasteiger partial charge in [0, 0.05) is 12.5 Å². The molecule has 3 nitrogen and oxygen atoms in total. The van der Waals surface area contributed by atoms with E-state index < -0.39 is 5.60 Å². The van der Waals surface area contributed by atoms with Crippen molar-refractivity contribution in [2.75, 3.05) is 13.2 Å². The van der Waals surface area contributed by atoms with Crippen LogP contribution in [-0.4, -0.2) is 34.1 Å². The van der Waals surface area contributed by atoms with Crippen molar-refractivity contribution >= 4 is 0 Å². The summed E-state index contributed by atoms with van der Waals surface area (Å²) in [4.78, 5) is 0. The second-order valence-corrected chi connectivity index (χ2v) is 7.44. The third-order valence-electron chi connectivity index (χ3n) is 6.04. The van der Waals surface area contributed by atoms with Gasteiger partial charge in [0.15, 0.2) is 0 Å². The Hall–Kier alpha value is -0.120. The van der Waals surface area contributed by atoms with Crippen LogP contribution in [-0.2, 0) is 0 Å². The van der Waals surface area contributed by atoms with Gasteiger partial charge in [0.2, 0.25) is 0 Å². The first-order valence-corrected chi connectivity index (χ1v) is 7.24. The smallest absolute Gasteiger partial charge is 0.0932 e. The molecule has 0 heterocycles. The van der Waals surface area contributed by atoms with Gasteiger partial charge in [-0.15, -0.1) is 0 Å². The largest absolute Gasteiger partial charge is 0.396 e. The molecule has 0 unspecified atom stereocenters. The summed E-state index contributed by atoms with van der Waals surface area (Å²) in [6, 6.07) is 0. The Bertz CT molecular complexity index is 315. The van der Waals surface area contributed by atoms with Crippen LogP contribution in [0.1, 0.15) is 52.9 Å². The van der Waals surface area contributed by atoms with Gasteiger partial charge in [-0.05, 0) is 42.4 Å². The van der Waals surface area contributed by atoms with E-state index in [2.05, 4.69) is 20.8 Å². The predicted octanol–water partition coefficient (Wildman–Crippen LogP) is 1.94. The van der Waals surface area contributed by atoms with E-state index in [4.69, 9.17) is 0 Å². The molecule has 2 fully saturated rings. The SMILES string of the molecule is CC1(C)CCC[C@@]2(C)[C@H]1CC[C@](O)(CO)[C@@H]2CO. The summed E-state index contributed by atoms with van der Waals surface area (Å²) < 4.78 is 0. The molecule has 106 valence electrons. The van der Waals surface area contributed by atoms with E-state index in [1.165, 1.54) is 6.42 Å². The van der Waals surface area contributed by atoms with Gasteiger partial charge in [0.25, 0.3) is 0 Å². The molecular formula is C15H28O3. The first kappa shape index (κ1) is 14.3. The van der Waals surface area contributed by atoms with Crippen molar-refractivity contribution in [2.45, 2.75) is 58.5 Å². The lowest BCUT2D eigenvalue weighted by atomic mass is 9.45. The quantitative estimate of drug-likeness (QED) is 0.707. The lowest BCUT2D eigenvalue weighted by Gasteiger charge is -2.61. The van der Waals surface area contributed by atoms with Gasteiger partial charge in [-0.1, -0.05) is 27.2 Å². The van der Waals surface area contributed by atoms with E-state index in [1.54, 1.807) is 0 Å². The molecule has 3 heteroatoms. The fraction of sp³-hybridized carbons (Fsp3) is 1.00. The van der Waals surface area contributed by atoms with Gasteiger partial charge in [-0.25, -0.2) is 0 Å². The van der Waals surface area contributed by atoms with E-state index >= 15 is 0 Å². The molecule has 0 aromatic heterocycles. The van der Waals surface area contributed by atoms with Crippen LogP contribution in [0.2, 0.25) is 0 Å². The molecule has 0 aliphatic heterocycles. The van der Waals surface area contributed by atoms with Crippen LogP contribution < -0.4 is 0 Å². The molecule has 2 rings (SSSR count). The molecule has 0 aromatic carbocycles. The summed E-state index contributed by atoms with van der Waals surface area (Å²) in [5.41, 5.74) is -0.864. The van der Waals surface area contributed by atoms with E-state index in [1.807, 2.05) is 0 Å². The van der Waals surface area contributed by atoms with E-state index in [0.29, 0.717) is 12.3 Å². The van der Waals surface area contributed by atoms with Crippen molar-refractivity contribution < 1.29 is 15.3 Å². The normalized spacial score (nSPS) is 47.7. The minimum atomic E-state index is -1.09. The average Bonchev–Trinajstić information content (AvgIpc) is 2.27. The van der Waals surface area contributed by atoms with Gasteiger partial charge in [-0.2, -0.15) is 0 Å². The van der Waals surface area contributed by atoms with Crippen molar-refractivity contribution in [3.63, 3.8) is 0 Å². The lowest BCUT2D eigenvalue weighted by molar-refractivity contribution is -0.199. The van der Waals surface area contributed by atoms with Crippen molar-refractivity contribution in [1.82, 2.24) is 0 Å². The van der Waals surface area contributed by atoms with Crippen LogP contribution in [0.3, 0.4) is 0 Å². The highest BCUT2D eigenvalue weighted by molar-refractivity contribution is 5.08. The van der Waals surface area contributed by atoms with Crippen LogP contribution in [0.4, 0.5) is 0 Å². The van der Waals surface area contributed by atoms with Crippen LogP contribution in [0, 0.1) is 22.7 Å². The van der Waals surface area contributed by atoms with Gasteiger partial charge < -0.3 is 15.3 Å². The topological polar surface area (TPSA) is 60.7 Å². The number of fused-ring (bicyclic) bond motifs is 1. The molecule has 0 radical (unpaired) electrons. The minimum Gasteiger partial charge on any atom is -0.396 e. The minimum absolute atomic E-state index is 0.0276. The second kappa shape index (κ2) is 4.46. The molecule has 0 bridgehead atoms.